The fraction of sp³-hybridized carbons (Fsp3) is 0.588. The Morgan fingerprint density at radius 3 is 2.76 bits per heavy atom. The van der Waals surface area contributed by atoms with Gasteiger partial charge in [0, 0.05) is 43.5 Å². The highest BCUT2D eigenvalue weighted by atomic mass is 19.1. The van der Waals surface area contributed by atoms with Crippen LogP contribution in [0.15, 0.2) is 22.7 Å². The molecule has 3 aromatic rings. The first-order chi connectivity index (χ1) is 22.3. The number of nitrogens with two attached hydrogens (primary N) is 1. The van der Waals surface area contributed by atoms with Gasteiger partial charge in [0.05, 0.1) is 35.8 Å². The van der Waals surface area contributed by atoms with Crippen LogP contribution in [0, 0.1) is 11.3 Å². The van der Waals surface area contributed by atoms with Crippen molar-refractivity contribution in [3.63, 3.8) is 0 Å². The first kappa shape index (κ1) is 29.6. The highest BCUT2D eigenvalue weighted by Crippen LogP contribution is 2.53. The minimum Gasteiger partial charge on any atom is -0.473 e. The van der Waals surface area contributed by atoms with Gasteiger partial charge in [-0.15, -0.1) is 0 Å². The van der Waals surface area contributed by atoms with Crippen molar-refractivity contribution in [3.05, 3.63) is 46.2 Å². The van der Waals surface area contributed by atoms with Gasteiger partial charge >= 0.3 is 0 Å². The quantitative estimate of drug-likeness (QED) is 0.401. The van der Waals surface area contributed by atoms with E-state index in [1.165, 1.54) is 0 Å². The summed E-state index contributed by atoms with van der Waals surface area (Å²) in [4.78, 5) is 14.2. The molecule has 5 heterocycles. The standard InChI is InChI=1S/C34H41FN8O3/c1-20(30-24(35)9-13-42(30)2)45-27-15-26(43-14-12-38-33(17-43)18-44-19-33)39-32(40-27)29-22-6-4-11-34(31(22)46-41-29)10-3-5-21-7-8-25(37)23(16-36)28(21)34/h7-8,15,20,24,30,38H,3-6,9-14,17-19,37H2,1-2H3/t20-,24+,30-,34-/m1/s1. The van der Waals surface area contributed by atoms with Gasteiger partial charge in [-0.25, -0.2) is 9.37 Å². The Labute approximate surface area is 268 Å². The van der Waals surface area contributed by atoms with Crippen LogP contribution in [0.5, 0.6) is 5.88 Å². The maximum Gasteiger partial charge on any atom is 0.219 e. The monoisotopic (exact) mass is 628 g/mol. The molecule has 2 aliphatic carbocycles. The number of aryl methyl sites for hydroxylation is 1. The summed E-state index contributed by atoms with van der Waals surface area (Å²) in [5, 5.41) is 18.5. The molecule has 3 saturated heterocycles. The van der Waals surface area contributed by atoms with Crippen molar-refractivity contribution in [2.45, 2.75) is 81.1 Å². The fourth-order valence-corrected chi connectivity index (χ4v) is 8.76. The number of nitrogens with zero attached hydrogens (tertiary/aromatic N) is 6. The van der Waals surface area contributed by atoms with Crippen molar-refractivity contribution in [2.75, 3.05) is 57.1 Å². The highest BCUT2D eigenvalue weighted by Gasteiger charge is 2.48. The molecule has 0 bridgehead atoms. The molecule has 2 aromatic heterocycles. The lowest BCUT2D eigenvalue weighted by Crippen LogP contribution is -2.70. The Kier molecular flexibility index (Phi) is 7.19. The van der Waals surface area contributed by atoms with Gasteiger partial charge in [0.15, 0.2) is 17.3 Å². The van der Waals surface area contributed by atoms with Crippen molar-refractivity contribution in [3.8, 4) is 23.5 Å². The number of hydrogen-bond acceptors (Lipinski definition) is 11. The predicted molar refractivity (Wildman–Crippen MR) is 170 cm³/mol. The van der Waals surface area contributed by atoms with Gasteiger partial charge in [-0.05, 0) is 76.1 Å². The van der Waals surface area contributed by atoms with Crippen LogP contribution in [0.1, 0.15) is 67.0 Å². The first-order valence-corrected chi connectivity index (χ1v) is 16.6. The topological polar surface area (TPSA) is 139 Å². The molecule has 3 fully saturated rings. The third-order valence-electron chi connectivity index (χ3n) is 11.0. The van der Waals surface area contributed by atoms with E-state index in [9.17, 15) is 9.65 Å². The number of nitriles is 1. The molecule has 8 rings (SSSR count). The molecule has 0 amide bonds. The van der Waals surface area contributed by atoms with Crippen LogP contribution in [0.2, 0.25) is 0 Å². The zero-order chi connectivity index (χ0) is 31.6. The van der Waals surface area contributed by atoms with Gasteiger partial charge in [-0.2, -0.15) is 10.2 Å². The summed E-state index contributed by atoms with van der Waals surface area (Å²) in [5.41, 5.74) is 10.5. The predicted octanol–water partition coefficient (Wildman–Crippen LogP) is 3.53. The summed E-state index contributed by atoms with van der Waals surface area (Å²) >= 11 is 0. The fourth-order valence-electron chi connectivity index (χ4n) is 8.76. The van der Waals surface area contributed by atoms with Crippen LogP contribution in [0.3, 0.4) is 0 Å². The normalized spacial score (nSPS) is 27.6. The van der Waals surface area contributed by atoms with Gasteiger partial charge in [0.25, 0.3) is 0 Å². The number of anilines is 2. The minimum absolute atomic E-state index is 0.0974. The lowest BCUT2D eigenvalue weighted by molar-refractivity contribution is -0.0743. The summed E-state index contributed by atoms with van der Waals surface area (Å²) in [7, 11) is 1.94. The largest absolute Gasteiger partial charge is 0.473 e. The molecule has 242 valence electrons. The summed E-state index contributed by atoms with van der Waals surface area (Å²) in [6.07, 6.45) is 4.39. The second-order valence-corrected chi connectivity index (χ2v) is 13.9. The highest BCUT2D eigenvalue weighted by molar-refractivity contribution is 5.67. The van der Waals surface area contributed by atoms with E-state index in [1.54, 1.807) is 0 Å². The van der Waals surface area contributed by atoms with Crippen molar-refractivity contribution >= 4 is 11.5 Å². The molecule has 3 aliphatic heterocycles. The molecule has 0 saturated carbocycles. The zero-order valence-corrected chi connectivity index (χ0v) is 26.5. The molecule has 1 aromatic carbocycles. The number of fused-ring (bicyclic) bond motifs is 4. The molecule has 0 radical (unpaired) electrons. The van der Waals surface area contributed by atoms with E-state index < -0.39 is 17.7 Å². The van der Waals surface area contributed by atoms with Gasteiger partial charge < -0.3 is 29.9 Å². The van der Waals surface area contributed by atoms with Crippen LogP contribution >= 0.6 is 0 Å². The third-order valence-corrected chi connectivity index (χ3v) is 11.0. The maximum absolute atomic E-state index is 14.9. The number of rotatable bonds is 5. The number of likely N-dealkylation sites (N-methyl/N-ethyl adjacent to an activating group) is 1. The Morgan fingerprint density at radius 2 is 2.02 bits per heavy atom. The summed E-state index contributed by atoms with van der Waals surface area (Å²) < 4.78 is 33.2. The number of hydrogen-bond donors (Lipinski definition) is 2. The summed E-state index contributed by atoms with van der Waals surface area (Å²) in [6, 6.07) is 7.82. The first-order valence-electron chi connectivity index (χ1n) is 16.6. The molecular formula is C34H41FN8O3. The van der Waals surface area contributed by atoms with Gasteiger partial charge in [0.1, 0.15) is 24.2 Å². The van der Waals surface area contributed by atoms with Gasteiger partial charge in [-0.1, -0.05) is 11.2 Å². The van der Waals surface area contributed by atoms with Crippen LogP contribution in [-0.4, -0.2) is 90.3 Å². The molecule has 11 nitrogen and oxygen atoms in total. The Bertz CT molecular complexity index is 1690. The van der Waals surface area contributed by atoms with Crippen molar-refractivity contribution in [2.24, 2.45) is 0 Å². The van der Waals surface area contributed by atoms with E-state index >= 15 is 0 Å². The van der Waals surface area contributed by atoms with Crippen LogP contribution < -0.4 is 20.7 Å². The van der Waals surface area contributed by atoms with Crippen molar-refractivity contribution < 1.29 is 18.4 Å². The summed E-state index contributed by atoms with van der Waals surface area (Å²) in [6.45, 7) is 6.22. The number of nitrogen functional groups attached to an aromatic ring is 1. The number of aromatic nitrogens is 3. The number of alkyl halides is 1. The van der Waals surface area contributed by atoms with Crippen LogP contribution in [0.25, 0.3) is 11.5 Å². The number of ether oxygens (including phenoxy) is 2. The number of likely N-dealkylation sites (tertiary alicyclic amines) is 1. The molecule has 2 spiro atoms. The number of halogens is 1. The van der Waals surface area contributed by atoms with Crippen molar-refractivity contribution in [1.29, 1.82) is 5.26 Å². The second-order valence-electron chi connectivity index (χ2n) is 13.9. The van der Waals surface area contributed by atoms with Gasteiger partial charge in [-0.3, -0.25) is 4.90 Å². The smallest absolute Gasteiger partial charge is 0.219 e. The molecule has 12 heteroatoms. The molecule has 46 heavy (non-hydrogen) atoms. The average molecular weight is 629 g/mol. The average Bonchev–Trinajstić information content (AvgIpc) is 3.64. The molecule has 4 atom stereocenters. The molecule has 5 aliphatic rings. The third kappa shape index (κ3) is 4.66. The zero-order valence-electron chi connectivity index (χ0n) is 26.5. The van der Waals surface area contributed by atoms with Crippen LogP contribution in [0.4, 0.5) is 15.9 Å². The number of benzene rings is 1. The Balaban J connectivity index is 1.21. The SMILES string of the molecule is C[C@@H](Oc1cc(N2CCNC3(COC3)C2)nc(-c2noc3c2CCC[C@@]32CCCc3ccc(N)c(C#N)c32)n1)[C@@H]1[C@@H](F)CCN1C. The Hall–Kier alpha value is -3.79. The van der Waals surface area contributed by atoms with E-state index in [0.29, 0.717) is 54.8 Å². The van der Waals surface area contributed by atoms with Crippen LogP contribution in [-0.2, 0) is 23.0 Å². The lowest BCUT2D eigenvalue weighted by Gasteiger charge is -2.49. The van der Waals surface area contributed by atoms with E-state index in [0.717, 1.165) is 86.4 Å². The minimum atomic E-state index is -0.961. The van der Waals surface area contributed by atoms with Crippen molar-refractivity contribution in [1.82, 2.24) is 25.3 Å². The Morgan fingerprint density at radius 1 is 1.20 bits per heavy atom. The molecule has 3 N–H and O–H groups in total. The molecule has 0 unspecified atom stereocenters. The number of nitrogens with one attached hydrogen (secondary N) is 1. The molecular weight excluding hydrogens is 587 g/mol. The summed E-state index contributed by atoms with van der Waals surface area (Å²) in [5.74, 6) is 2.35. The maximum atomic E-state index is 14.9. The van der Waals surface area contributed by atoms with E-state index in [-0.39, 0.29) is 11.6 Å². The second kappa shape index (κ2) is 11.2. The van der Waals surface area contributed by atoms with E-state index in [2.05, 4.69) is 27.5 Å². The van der Waals surface area contributed by atoms with Gasteiger partial charge in [0.2, 0.25) is 5.88 Å². The number of piperazine rings is 1. The van der Waals surface area contributed by atoms with E-state index in [1.807, 2.05) is 31.0 Å². The lowest BCUT2D eigenvalue weighted by atomic mass is 9.61. The van der Waals surface area contributed by atoms with E-state index in [4.69, 9.17) is 29.7 Å².